The van der Waals surface area contributed by atoms with Gasteiger partial charge in [-0.15, -0.1) is 0 Å². The summed E-state index contributed by atoms with van der Waals surface area (Å²) >= 11 is 0. The Morgan fingerprint density at radius 2 is 2.07 bits per heavy atom. The molecule has 2 nitrogen and oxygen atoms in total. The highest BCUT2D eigenvalue weighted by Gasteiger charge is 2.30. The number of ether oxygens (including phenoxy) is 1. The average Bonchev–Trinajstić information content (AvgIpc) is 2.99. The number of hydrogen-bond donors (Lipinski definition) is 0. The summed E-state index contributed by atoms with van der Waals surface area (Å²) in [6.07, 6.45) is 0.348. The van der Waals surface area contributed by atoms with Crippen molar-refractivity contribution in [1.29, 1.82) is 0 Å². The van der Waals surface area contributed by atoms with Gasteiger partial charge in [-0.05, 0) is 13.0 Å². The largest absolute Gasteiger partial charge is 0.368 e. The van der Waals surface area contributed by atoms with Gasteiger partial charge in [-0.25, -0.2) is 0 Å². The van der Waals surface area contributed by atoms with Crippen LogP contribution >= 0.6 is 0 Å². The minimum absolute atomic E-state index is 0.348. The van der Waals surface area contributed by atoms with E-state index in [0.717, 1.165) is 6.61 Å². The molecule has 0 aliphatic carbocycles. The Labute approximate surface area is 83.1 Å². The lowest BCUT2D eigenvalue weighted by molar-refractivity contribution is 0.415. The summed E-state index contributed by atoms with van der Waals surface area (Å²) in [5, 5.41) is 1.34. The molecule has 1 fully saturated rings. The van der Waals surface area contributed by atoms with Gasteiger partial charge in [0.05, 0.1) is 6.61 Å². The monoisotopic (exact) mass is 187 g/mol. The second kappa shape index (κ2) is 2.61. The van der Waals surface area contributed by atoms with Gasteiger partial charge in [0.2, 0.25) is 0 Å². The van der Waals surface area contributed by atoms with Crippen LogP contribution in [-0.4, -0.2) is 11.2 Å². The summed E-state index contributed by atoms with van der Waals surface area (Å²) in [6.45, 7) is 3.05. The standard InChI is InChI=1S/C12H13NO/c1-8-12(11-7-14-11)9-5-3-4-6-10(9)13(8)2/h3-6,11H,7H2,1-2H3. The predicted octanol–water partition coefficient (Wildman–Crippen LogP) is 2.56. The molecule has 14 heavy (non-hydrogen) atoms. The normalized spacial score (nSPS) is 20.3. The van der Waals surface area contributed by atoms with Gasteiger partial charge in [0.25, 0.3) is 0 Å². The SMILES string of the molecule is Cc1c(C2CO2)c2ccccc2n1C. The van der Waals surface area contributed by atoms with E-state index in [9.17, 15) is 0 Å². The molecule has 0 N–H and O–H groups in total. The van der Waals surface area contributed by atoms with Crippen molar-refractivity contribution in [1.82, 2.24) is 4.57 Å². The Morgan fingerprint density at radius 3 is 2.79 bits per heavy atom. The summed E-state index contributed by atoms with van der Waals surface area (Å²) in [5.74, 6) is 0. The van der Waals surface area contributed by atoms with Crippen LogP contribution in [0.3, 0.4) is 0 Å². The van der Waals surface area contributed by atoms with E-state index in [4.69, 9.17) is 4.74 Å². The third-order valence-corrected chi connectivity index (χ3v) is 3.10. The lowest BCUT2D eigenvalue weighted by Gasteiger charge is -1.97. The number of aromatic nitrogens is 1. The fourth-order valence-electron chi connectivity index (χ4n) is 2.17. The van der Waals surface area contributed by atoms with Crippen molar-refractivity contribution in [2.24, 2.45) is 7.05 Å². The van der Waals surface area contributed by atoms with Gasteiger partial charge < -0.3 is 9.30 Å². The molecule has 2 heterocycles. The number of benzene rings is 1. The van der Waals surface area contributed by atoms with E-state index in [1.807, 2.05) is 0 Å². The zero-order chi connectivity index (χ0) is 9.71. The Bertz CT molecular complexity index is 494. The lowest BCUT2D eigenvalue weighted by atomic mass is 10.1. The molecular weight excluding hydrogens is 174 g/mol. The fourth-order valence-corrected chi connectivity index (χ4v) is 2.17. The first-order valence-electron chi connectivity index (χ1n) is 4.94. The minimum atomic E-state index is 0.348. The van der Waals surface area contributed by atoms with Gasteiger partial charge in [-0.3, -0.25) is 0 Å². The lowest BCUT2D eigenvalue weighted by Crippen LogP contribution is -1.91. The maximum atomic E-state index is 5.38. The van der Waals surface area contributed by atoms with E-state index >= 15 is 0 Å². The Kier molecular flexibility index (Phi) is 1.50. The third-order valence-electron chi connectivity index (χ3n) is 3.10. The number of nitrogens with zero attached hydrogens (tertiary/aromatic N) is 1. The number of rotatable bonds is 1. The molecule has 0 radical (unpaired) electrons. The highest BCUT2D eigenvalue weighted by Crippen LogP contribution is 2.38. The van der Waals surface area contributed by atoms with Crippen LogP contribution in [0.25, 0.3) is 10.9 Å². The molecule has 72 valence electrons. The molecule has 3 rings (SSSR count). The molecule has 0 bridgehead atoms. The van der Waals surface area contributed by atoms with Crippen molar-refractivity contribution < 1.29 is 4.74 Å². The van der Waals surface area contributed by atoms with Crippen LogP contribution in [0, 0.1) is 6.92 Å². The number of aryl methyl sites for hydroxylation is 1. The quantitative estimate of drug-likeness (QED) is 0.627. The molecule has 1 aliphatic rings. The predicted molar refractivity (Wildman–Crippen MR) is 56.3 cm³/mol. The number of fused-ring (bicyclic) bond motifs is 1. The summed E-state index contributed by atoms with van der Waals surface area (Å²) < 4.78 is 7.63. The summed E-state index contributed by atoms with van der Waals surface area (Å²) in [6, 6.07) is 8.51. The fraction of sp³-hybridized carbons (Fsp3) is 0.333. The molecule has 1 saturated heterocycles. The zero-order valence-corrected chi connectivity index (χ0v) is 8.45. The molecule has 2 aromatic rings. The van der Waals surface area contributed by atoms with Gasteiger partial charge in [0.15, 0.2) is 0 Å². The van der Waals surface area contributed by atoms with Crippen molar-refractivity contribution >= 4 is 10.9 Å². The van der Waals surface area contributed by atoms with Gasteiger partial charge in [0.1, 0.15) is 6.10 Å². The molecule has 1 aliphatic heterocycles. The molecule has 0 spiro atoms. The Hall–Kier alpha value is -1.28. The molecular formula is C12H13NO. The third kappa shape index (κ3) is 0.946. The van der Waals surface area contributed by atoms with E-state index < -0.39 is 0 Å². The second-order valence-corrected chi connectivity index (χ2v) is 3.90. The van der Waals surface area contributed by atoms with E-state index in [1.54, 1.807) is 0 Å². The molecule has 1 aromatic heterocycles. The minimum Gasteiger partial charge on any atom is -0.368 e. The van der Waals surface area contributed by atoms with E-state index in [-0.39, 0.29) is 0 Å². The van der Waals surface area contributed by atoms with Crippen LogP contribution in [0.2, 0.25) is 0 Å². The summed E-state index contributed by atoms with van der Waals surface area (Å²) in [7, 11) is 2.11. The smallest absolute Gasteiger partial charge is 0.108 e. The number of para-hydroxylation sites is 1. The van der Waals surface area contributed by atoms with Crippen LogP contribution < -0.4 is 0 Å². The van der Waals surface area contributed by atoms with E-state index in [2.05, 4.69) is 42.8 Å². The molecule has 2 heteroatoms. The molecule has 1 unspecified atom stereocenters. The van der Waals surface area contributed by atoms with Crippen LogP contribution in [0.15, 0.2) is 24.3 Å². The van der Waals surface area contributed by atoms with Crippen LogP contribution in [0.5, 0.6) is 0 Å². The van der Waals surface area contributed by atoms with Crippen molar-refractivity contribution in [3.8, 4) is 0 Å². The second-order valence-electron chi connectivity index (χ2n) is 3.90. The average molecular weight is 187 g/mol. The number of epoxide rings is 1. The molecule has 0 saturated carbocycles. The van der Waals surface area contributed by atoms with Gasteiger partial charge in [-0.1, -0.05) is 18.2 Å². The van der Waals surface area contributed by atoms with Gasteiger partial charge in [-0.2, -0.15) is 0 Å². The van der Waals surface area contributed by atoms with Crippen LogP contribution in [0.4, 0.5) is 0 Å². The van der Waals surface area contributed by atoms with Crippen molar-refractivity contribution in [2.75, 3.05) is 6.61 Å². The first-order chi connectivity index (χ1) is 6.79. The Morgan fingerprint density at radius 1 is 1.36 bits per heavy atom. The topological polar surface area (TPSA) is 17.5 Å². The highest BCUT2D eigenvalue weighted by molar-refractivity contribution is 5.86. The van der Waals surface area contributed by atoms with Crippen molar-refractivity contribution in [3.63, 3.8) is 0 Å². The van der Waals surface area contributed by atoms with Crippen molar-refractivity contribution in [2.45, 2.75) is 13.0 Å². The first kappa shape index (κ1) is 8.06. The number of hydrogen-bond acceptors (Lipinski definition) is 1. The molecule has 1 aromatic carbocycles. The maximum absolute atomic E-state index is 5.38. The van der Waals surface area contributed by atoms with Crippen molar-refractivity contribution in [3.05, 3.63) is 35.5 Å². The Balaban J connectivity index is 2.40. The van der Waals surface area contributed by atoms with Gasteiger partial charge in [0, 0.05) is 29.2 Å². The van der Waals surface area contributed by atoms with Crippen LogP contribution in [0.1, 0.15) is 17.4 Å². The maximum Gasteiger partial charge on any atom is 0.108 e. The van der Waals surface area contributed by atoms with Gasteiger partial charge >= 0.3 is 0 Å². The molecule has 1 atom stereocenters. The zero-order valence-electron chi connectivity index (χ0n) is 8.45. The van der Waals surface area contributed by atoms with E-state index in [1.165, 1.54) is 22.2 Å². The van der Waals surface area contributed by atoms with E-state index in [0.29, 0.717) is 6.10 Å². The summed E-state index contributed by atoms with van der Waals surface area (Å²) in [4.78, 5) is 0. The first-order valence-corrected chi connectivity index (χ1v) is 4.94. The van der Waals surface area contributed by atoms with Crippen LogP contribution in [-0.2, 0) is 11.8 Å². The molecule has 0 amide bonds. The highest BCUT2D eigenvalue weighted by atomic mass is 16.6. The summed E-state index contributed by atoms with van der Waals surface area (Å²) in [5.41, 5.74) is 4.01.